The third kappa shape index (κ3) is 3.59. The van der Waals surface area contributed by atoms with Crippen LogP contribution in [0.4, 0.5) is 5.69 Å². The van der Waals surface area contributed by atoms with Gasteiger partial charge in [-0.2, -0.15) is 0 Å². The maximum atomic E-state index is 12.0. The monoisotopic (exact) mass is 333 g/mol. The van der Waals surface area contributed by atoms with Gasteiger partial charge in [0.15, 0.2) is 0 Å². The lowest BCUT2D eigenvalue weighted by atomic mass is 9.99. The molecule has 1 aromatic rings. The van der Waals surface area contributed by atoms with Crippen LogP contribution >= 0.6 is 35.2 Å². The molecule has 4 nitrogen and oxygen atoms in total. The number of rotatable bonds is 2. The molecule has 0 spiro atoms. The van der Waals surface area contributed by atoms with Crippen molar-refractivity contribution in [3.05, 3.63) is 27.7 Å². The van der Waals surface area contributed by atoms with Crippen molar-refractivity contribution in [3.63, 3.8) is 0 Å². The maximum absolute atomic E-state index is 12.0. The molecular formula is C13H13Cl2NO3S. The van der Waals surface area contributed by atoms with E-state index in [-0.39, 0.29) is 11.5 Å². The second-order valence-corrected chi connectivity index (χ2v) is 5.95. The number of hydrogen-bond acceptors (Lipinski definition) is 5. The molecule has 1 aromatic carbocycles. The normalized spacial score (nSPS) is 17.1. The summed E-state index contributed by atoms with van der Waals surface area (Å²) in [6.45, 7) is 1.67. The number of nitrogens with one attached hydrogen (secondary N) is 1. The van der Waals surface area contributed by atoms with Crippen LogP contribution in [-0.2, 0) is 20.2 Å². The van der Waals surface area contributed by atoms with Crippen molar-refractivity contribution in [2.45, 2.75) is 32.2 Å². The number of carbonyl (C=O) groups is 2. The minimum absolute atomic E-state index is 0.233. The molecule has 7 heteroatoms. The third-order valence-electron chi connectivity index (χ3n) is 2.95. The molecule has 1 aliphatic rings. The Hall–Kier alpha value is -0.910. The molecule has 2 rings (SSSR count). The molecule has 20 heavy (non-hydrogen) atoms. The fraction of sp³-hybridized carbons (Fsp3) is 0.385. The summed E-state index contributed by atoms with van der Waals surface area (Å²) in [5.74, 6) is -0.413. The number of fused-ring (bicyclic) bond motifs is 1. The largest absolute Gasteiger partial charge is 0.383 e. The minimum atomic E-state index is -0.421. The summed E-state index contributed by atoms with van der Waals surface area (Å²) >= 11 is 12.6. The minimum Gasteiger partial charge on any atom is -0.383 e. The van der Waals surface area contributed by atoms with E-state index in [1.165, 1.54) is 0 Å². The van der Waals surface area contributed by atoms with Crippen LogP contribution in [0.2, 0.25) is 10.0 Å². The highest BCUT2D eigenvalue weighted by atomic mass is 35.5. The van der Waals surface area contributed by atoms with E-state index < -0.39 is 12.0 Å². The van der Waals surface area contributed by atoms with Crippen molar-refractivity contribution in [1.82, 2.24) is 0 Å². The summed E-state index contributed by atoms with van der Waals surface area (Å²) < 4.78 is 4.78. The Morgan fingerprint density at radius 1 is 1.45 bits per heavy atom. The molecule has 0 radical (unpaired) electrons. The molecular weight excluding hydrogens is 321 g/mol. The van der Waals surface area contributed by atoms with Gasteiger partial charge in [-0.25, -0.2) is 0 Å². The second kappa shape index (κ2) is 6.70. The van der Waals surface area contributed by atoms with Gasteiger partial charge in [0.2, 0.25) is 5.12 Å². The fourth-order valence-electron chi connectivity index (χ4n) is 1.91. The summed E-state index contributed by atoms with van der Waals surface area (Å²) in [6, 6.07) is 3.04. The number of anilines is 1. The van der Waals surface area contributed by atoms with Crippen molar-refractivity contribution < 1.29 is 13.8 Å². The first-order chi connectivity index (χ1) is 9.51. The Bertz CT molecular complexity index is 551. The van der Waals surface area contributed by atoms with Crippen molar-refractivity contribution in [3.8, 4) is 0 Å². The van der Waals surface area contributed by atoms with Gasteiger partial charge >= 0.3 is 5.97 Å². The van der Waals surface area contributed by atoms with Gasteiger partial charge in [-0.3, -0.25) is 9.59 Å². The second-order valence-electron chi connectivity index (χ2n) is 4.37. The van der Waals surface area contributed by atoms with Crippen LogP contribution in [0.1, 0.15) is 25.3 Å². The number of aryl methyl sites for hydroxylation is 1. The van der Waals surface area contributed by atoms with Gasteiger partial charge in [-0.1, -0.05) is 30.1 Å². The zero-order valence-corrected chi connectivity index (χ0v) is 13.1. The molecule has 0 fully saturated rings. The van der Waals surface area contributed by atoms with Crippen LogP contribution < -0.4 is 5.32 Å². The Morgan fingerprint density at radius 2 is 2.20 bits per heavy atom. The maximum Gasteiger partial charge on any atom is 0.317 e. The van der Waals surface area contributed by atoms with Gasteiger partial charge in [0, 0.05) is 11.4 Å². The first-order valence-corrected chi connectivity index (χ1v) is 7.66. The molecule has 1 N–H and O–H groups in total. The molecule has 0 bridgehead atoms. The van der Waals surface area contributed by atoms with E-state index in [9.17, 15) is 9.59 Å². The standard InChI is InChI=1S/C13H13Cl2NO3S/c1-2-11(17)19-20-13(18)10-4-3-7-5-8(14)6-9(15)12(7)16-10/h5-6,10,16H,2-4H2,1H3. The highest BCUT2D eigenvalue weighted by Crippen LogP contribution is 2.35. The van der Waals surface area contributed by atoms with Crippen molar-refractivity contribution in [1.29, 1.82) is 0 Å². The van der Waals surface area contributed by atoms with Crippen LogP contribution in [-0.4, -0.2) is 17.1 Å². The molecule has 1 heterocycles. The fourth-order valence-corrected chi connectivity index (χ4v) is 3.09. The highest BCUT2D eigenvalue weighted by Gasteiger charge is 2.27. The Balaban J connectivity index is 2.04. The third-order valence-corrected chi connectivity index (χ3v) is 4.18. The Kier molecular flexibility index (Phi) is 5.18. The molecule has 0 aromatic heterocycles. The molecule has 1 unspecified atom stereocenters. The van der Waals surface area contributed by atoms with E-state index in [4.69, 9.17) is 27.4 Å². The predicted octanol–water partition coefficient (Wildman–Crippen LogP) is 3.85. The average molecular weight is 334 g/mol. The Morgan fingerprint density at radius 3 is 2.90 bits per heavy atom. The van der Waals surface area contributed by atoms with E-state index in [1.807, 2.05) is 6.07 Å². The van der Waals surface area contributed by atoms with E-state index in [0.29, 0.717) is 34.9 Å². The zero-order valence-electron chi connectivity index (χ0n) is 10.7. The lowest BCUT2D eigenvalue weighted by Crippen LogP contribution is -2.32. The summed E-state index contributed by atoms with van der Waals surface area (Å²) in [6.07, 6.45) is 1.55. The Labute approximate surface area is 131 Å². The highest BCUT2D eigenvalue weighted by molar-refractivity contribution is 8.10. The molecule has 108 valence electrons. The van der Waals surface area contributed by atoms with Gasteiger partial charge in [0.25, 0.3) is 0 Å². The quantitative estimate of drug-likeness (QED) is 0.833. The van der Waals surface area contributed by atoms with E-state index in [0.717, 1.165) is 11.3 Å². The van der Waals surface area contributed by atoms with Crippen LogP contribution in [0.3, 0.4) is 0 Å². The first kappa shape index (κ1) is 15.5. The van der Waals surface area contributed by atoms with Crippen LogP contribution in [0, 0.1) is 0 Å². The summed E-state index contributed by atoms with van der Waals surface area (Å²) in [5, 5.41) is 3.91. The van der Waals surface area contributed by atoms with Gasteiger partial charge in [0.1, 0.15) is 12.0 Å². The van der Waals surface area contributed by atoms with Crippen LogP contribution in [0.5, 0.6) is 0 Å². The van der Waals surface area contributed by atoms with Crippen LogP contribution in [0.15, 0.2) is 12.1 Å². The molecule has 1 atom stereocenters. The molecule has 0 amide bonds. The van der Waals surface area contributed by atoms with Gasteiger partial charge < -0.3 is 9.50 Å². The lowest BCUT2D eigenvalue weighted by molar-refractivity contribution is -0.133. The average Bonchev–Trinajstić information content (AvgIpc) is 2.43. The van der Waals surface area contributed by atoms with Gasteiger partial charge in [0.05, 0.1) is 16.8 Å². The van der Waals surface area contributed by atoms with Crippen molar-refractivity contribution >= 4 is 52.0 Å². The van der Waals surface area contributed by atoms with E-state index in [1.54, 1.807) is 13.0 Å². The number of hydrogen-bond donors (Lipinski definition) is 1. The van der Waals surface area contributed by atoms with Gasteiger partial charge in [-0.05, 0) is 30.5 Å². The predicted molar refractivity (Wildman–Crippen MR) is 81.2 cm³/mol. The number of halogens is 2. The number of carbonyl (C=O) groups excluding carboxylic acids is 2. The van der Waals surface area contributed by atoms with Crippen molar-refractivity contribution in [2.75, 3.05) is 5.32 Å². The summed E-state index contributed by atoms with van der Waals surface area (Å²) in [5.41, 5.74) is 1.71. The smallest absolute Gasteiger partial charge is 0.317 e. The van der Waals surface area contributed by atoms with Crippen molar-refractivity contribution in [2.24, 2.45) is 0 Å². The van der Waals surface area contributed by atoms with Crippen LogP contribution in [0.25, 0.3) is 0 Å². The summed E-state index contributed by atoms with van der Waals surface area (Å²) in [7, 11) is 0. The zero-order chi connectivity index (χ0) is 14.7. The number of benzene rings is 1. The molecule has 0 aliphatic carbocycles. The van der Waals surface area contributed by atoms with Gasteiger partial charge in [-0.15, -0.1) is 0 Å². The first-order valence-electron chi connectivity index (χ1n) is 6.17. The topological polar surface area (TPSA) is 55.4 Å². The molecule has 0 saturated carbocycles. The molecule has 1 aliphatic heterocycles. The summed E-state index contributed by atoms with van der Waals surface area (Å²) in [4.78, 5) is 23.0. The van der Waals surface area contributed by atoms with E-state index in [2.05, 4.69) is 5.32 Å². The molecule has 0 saturated heterocycles. The van der Waals surface area contributed by atoms with E-state index >= 15 is 0 Å². The SMILES string of the molecule is CCC(=O)OSC(=O)C1CCc2cc(Cl)cc(Cl)c2N1. The lowest BCUT2D eigenvalue weighted by Gasteiger charge is -2.26.